The number of hydrogen-bond donors (Lipinski definition) is 2. The van der Waals surface area contributed by atoms with Gasteiger partial charge in [0, 0.05) is 28.7 Å². The monoisotopic (exact) mass is 297 g/mol. The van der Waals surface area contributed by atoms with Crippen LogP contribution in [0.1, 0.15) is 24.1 Å². The highest BCUT2D eigenvalue weighted by atomic mass is 35.5. The maximum Gasteiger partial charge on any atom is 0.130 e. The quantitative estimate of drug-likeness (QED) is 0.887. The van der Waals surface area contributed by atoms with E-state index >= 15 is 0 Å². The Labute approximate surface area is 121 Å². The molecule has 2 nitrogen and oxygen atoms in total. The highest BCUT2D eigenvalue weighted by molar-refractivity contribution is 6.30. The average Bonchev–Trinajstić information content (AvgIpc) is 2.39. The molecule has 0 bridgehead atoms. The lowest BCUT2D eigenvalue weighted by atomic mass is 10.1. The Hall–Kier alpha value is -1.65. The van der Waals surface area contributed by atoms with Crippen LogP contribution in [0.4, 0.5) is 8.78 Å². The van der Waals surface area contributed by atoms with Crippen molar-refractivity contribution in [2.75, 3.05) is 0 Å². The van der Waals surface area contributed by atoms with E-state index in [0.717, 1.165) is 0 Å². The van der Waals surface area contributed by atoms with Crippen molar-refractivity contribution < 1.29 is 13.9 Å². The Kier molecular flexibility index (Phi) is 4.57. The van der Waals surface area contributed by atoms with E-state index in [0.29, 0.717) is 10.6 Å². The van der Waals surface area contributed by atoms with Crippen LogP contribution >= 0.6 is 11.6 Å². The Bertz CT molecular complexity index is 599. The molecule has 2 aromatic rings. The van der Waals surface area contributed by atoms with Crippen LogP contribution in [-0.2, 0) is 6.54 Å². The highest BCUT2D eigenvalue weighted by Crippen LogP contribution is 2.24. The highest BCUT2D eigenvalue weighted by Gasteiger charge is 2.15. The normalized spacial score (nSPS) is 12.4. The zero-order chi connectivity index (χ0) is 14.7. The first-order valence-electron chi connectivity index (χ1n) is 6.13. The standard InChI is InChI=1S/C15H14ClF2NO/c1-9(15-12(17)3-2-4-13(15)18)19-8-10-7-11(16)5-6-14(10)20/h2-7,9,19-20H,8H2,1H3. The predicted octanol–water partition coefficient (Wildman–Crippen LogP) is 4.17. The molecule has 20 heavy (non-hydrogen) atoms. The summed E-state index contributed by atoms with van der Waals surface area (Å²) in [5.74, 6) is -1.11. The van der Waals surface area contributed by atoms with E-state index in [2.05, 4.69) is 5.32 Å². The summed E-state index contributed by atoms with van der Waals surface area (Å²) in [5, 5.41) is 13.1. The topological polar surface area (TPSA) is 32.3 Å². The van der Waals surface area contributed by atoms with Gasteiger partial charge in [-0.15, -0.1) is 0 Å². The maximum atomic E-state index is 13.6. The molecule has 0 saturated heterocycles. The Morgan fingerprint density at radius 2 is 1.85 bits per heavy atom. The number of phenolic OH excluding ortho intramolecular Hbond substituents is 1. The molecule has 0 spiro atoms. The van der Waals surface area contributed by atoms with Gasteiger partial charge in [-0.05, 0) is 37.3 Å². The molecule has 1 atom stereocenters. The van der Waals surface area contributed by atoms with Gasteiger partial charge in [0.2, 0.25) is 0 Å². The van der Waals surface area contributed by atoms with Gasteiger partial charge in [-0.3, -0.25) is 0 Å². The molecule has 0 aliphatic rings. The van der Waals surface area contributed by atoms with Crippen molar-refractivity contribution in [1.82, 2.24) is 5.32 Å². The van der Waals surface area contributed by atoms with Crippen LogP contribution in [0.25, 0.3) is 0 Å². The van der Waals surface area contributed by atoms with Crippen LogP contribution in [-0.4, -0.2) is 5.11 Å². The van der Waals surface area contributed by atoms with Crippen molar-refractivity contribution in [2.45, 2.75) is 19.5 Å². The second-order valence-corrected chi connectivity index (χ2v) is 4.95. The first kappa shape index (κ1) is 14.8. The number of aromatic hydroxyl groups is 1. The summed E-state index contributed by atoms with van der Waals surface area (Å²) in [7, 11) is 0. The molecule has 5 heteroatoms. The van der Waals surface area contributed by atoms with Gasteiger partial charge >= 0.3 is 0 Å². The van der Waals surface area contributed by atoms with Crippen LogP contribution in [0.15, 0.2) is 36.4 Å². The molecule has 0 fully saturated rings. The van der Waals surface area contributed by atoms with Crippen LogP contribution < -0.4 is 5.32 Å². The van der Waals surface area contributed by atoms with E-state index in [9.17, 15) is 13.9 Å². The fraction of sp³-hybridized carbons (Fsp3) is 0.200. The molecule has 0 amide bonds. The molecule has 2 aromatic carbocycles. The fourth-order valence-corrected chi connectivity index (χ4v) is 2.18. The molecule has 2 N–H and O–H groups in total. The van der Waals surface area contributed by atoms with Gasteiger partial charge in [0.25, 0.3) is 0 Å². The summed E-state index contributed by atoms with van der Waals surface area (Å²) < 4.78 is 27.2. The second kappa shape index (κ2) is 6.20. The van der Waals surface area contributed by atoms with Crippen LogP contribution in [0, 0.1) is 11.6 Å². The van der Waals surface area contributed by atoms with E-state index in [1.54, 1.807) is 19.1 Å². The number of phenols is 1. The van der Waals surface area contributed by atoms with Crippen molar-refractivity contribution in [3.8, 4) is 5.75 Å². The maximum absolute atomic E-state index is 13.6. The van der Waals surface area contributed by atoms with E-state index in [1.165, 1.54) is 24.3 Å². The van der Waals surface area contributed by atoms with Crippen molar-refractivity contribution in [2.24, 2.45) is 0 Å². The van der Waals surface area contributed by atoms with Gasteiger partial charge in [0.15, 0.2) is 0 Å². The van der Waals surface area contributed by atoms with Gasteiger partial charge in [-0.25, -0.2) is 8.78 Å². The fourth-order valence-electron chi connectivity index (χ4n) is 1.99. The third-order valence-corrected chi connectivity index (χ3v) is 3.31. The molecule has 0 radical (unpaired) electrons. The molecule has 0 aliphatic heterocycles. The third-order valence-electron chi connectivity index (χ3n) is 3.07. The number of halogens is 3. The number of nitrogens with one attached hydrogen (secondary N) is 1. The van der Waals surface area contributed by atoms with Crippen molar-refractivity contribution >= 4 is 11.6 Å². The Morgan fingerprint density at radius 1 is 1.20 bits per heavy atom. The smallest absolute Gasteiger partial charge is 0.130 e. The molecule has 0 aliphatic carbocycles. The van der Waals surface area contributed by atoms with Gasteiger partial charge in [0.1, 0.15) is 17.4 Å². The second-order valence-electron chi connectivity index (χ2n) is 4.51. The largest absolute Gasteiger partial charge is 0.508 e. The van der Waals surface area contributed by atoms with Crippen molar-refractivity contribution in [3.05, 3.63) is 64.2 Å². The summed E-state index contributed by atoms with van der Waals surface area (Å²) >= 11 is 5.84. The van der Waals surface area contributed by atoms with E-state index < -0.39 is 17.7 Å². The van der Waals surface area contributed by atoms with E-state index in [1.807, 2.05) is 0 Å². The van der Waals surface area contributed by atoms with Crippen LogP contribution in [0.5, 0.6) is 5.75 Å². The average molecular weight is 298 g/mol. The summed E-state index contributed by atoms with van der Waals surface area (Å²) in [4.78, 5) is 0. The number of hydrogen-bond acceptors (Lipinski definition) is 2. The van der Waals surface area contributed by atoms with Crippen molar-refractivity contribution in [3.63, 3.8) is 0 Å². The van der Waals surface area contributed by atoms with Crippen molar-refractivity contribution in [1.29, 1.82) is 0 Å². The SMILES string of the molecule is CC(NCc1cc(Cl)ccc1O)c1c(F)cccc1F. The molecule has 0 saturated carbocycles. The molecular weight excluding hydrogens is 284 g/mol. The molecule has 1 unspecified atom stereocenters. The van der Waals surface area contributed by atoms with E-state index in [4.69, 9.17) is 11.6 Å². The van der Waals surface area contributed by atoms with Gasteiger partial charge in [-0.2, -0.15) is 0 Å². The lowest BCUT2D eigenvalue weighted by Crippen LogP contribution is -2.20. The lowest BCUT2D eigenvalue weighted by Gasteiger charge is -2.16. The summed E-state index contributed by atoms with van der Waals surface area (Å²) in [6, 6.07) is 7.88. The first-order chi connectivity index (χ1) is 9.49. The number of benzene rings is 2. The zero-order valence-corrected chi connectivity index (χ0v) is 11.6. The lowest BCUT2D eigenvalue weighted by molar-refractivity contribution is 0.453. The van der Waals surface area contributed by atoms with Crippen LogP contribution in [0.2, 0.25) is 5.02 Å². The van der Waals surface area contributed by atoms with Gasteiger partial charge < -0.3 is 10.4 Å². The van der Waals surface area contributed by atoms with Gasteiger partial charge in [-0.1, -0.05) is 17.7 Å². The summed E-state index contributed by atoms with van der Waals surface area (Å²) in [5.41, 5.74) is 0.551. The number of rotatable bonds is 4. The van der Waals surface area contributed by atoms with E-state index in [-0.39, 0.29) is 17.9 Å². The van der Waals surface area contributed by atoms with Gasteiger partial charge in [0.05, 0.1) is 0 Å². The Balaban J connectivity index is 2.13. The predicted molar refractivity (Wildman–Crippen MR) is 74.7 cm³/mol. The molecule has 0 aromatic heterocycles. The Morgan fingerprint density at radius 3 is 2.50 bits per heavy atom. The first-order valence-corrected chi connectivity index (χ1v) is 6.51. The summed E-state index contributed by atoms with van der Waals surface area (Å²) in [6.45, 7) is 1.91. The third kappa shape index (κ3) is 3.26. The minimum atomic E-state index is -0.597. The van der Waals surface area contributed by atoms with Crippen LogP contribution in [0.3, 0.4) is 0 Å². The molecule has 0 heterocycles. The molecular formula is C15H14ClF2NO. The minimum Gasteiger partial charge on any atom is -0.508 e. The summed E-state index contributed by atoms with van der Waals surface area (Å²) in [6.07, 6.45) is 0. The zero-order valence-electron chi connectivity index (χ0n) is 10.8. The molecule has 106 valence electrons. The minimum absolute atomic E-state index is 0.0194. The molecule has 2 rings (SSSR count).